The van der Waals surface area contributed by atoms with Crippen molar-refractivity contribution in [1.29, 1.82) is 0 Å². The number of nitrogens with one attached hydrogen (secondary N) is 1. The zero-order valence-corrected chi connectivity index (χ0v) is 13.2. The number of aromatic nitrogens is 2. The van der Waals surface area contributed by atoms with Crippen molar-refractivity contribution in [2.45, 2.75) is 77.7 Å². The highest BCUT2D eigenvalue weighted by atomic mass is 16.5. The van der Waals surface area contributed by atoms with Gasteiger partial charge in [0.15, 0.2) is 5.82 Å². The summed E-state index contributed by atoms with van der Waals surface area (Å²) in [4.78, 5) is 4.65. The van der Waals surface area contributed by atoms with Crippen molar-refractivity contribution in [3.63, 3.8) is 0 Å². The maximum Gasteiger partial charge on any atom is 0.228 e. The molecule has 1 aliphatic rings. The number of rotatable bonds is 7. The van der Waals surface area contributed by atoms with Crippen LogP contribution < -0.4 is 5.32 Å². The van der Waals surface area contributed by atoms with Crippen LogP contribution in [0, 0.1) is 5.92 Å². The Kier molecular flexibility index (Phi) is 6.02. The molecular weight excluding hydrogens is 250 g/mol. The molecule has 1 aromatic heterocycles. The average molecular weight is 279 g/mol. The van der Waals surface area contributed by atoms with Crippen LogP contribution in [0.5, 0.6) is 0 Å². The summed E-state index contributed by atoms with van der Waals surface area (Å²) >= 11 is 0. The van der Waals surface area contributed by atoms with E-state index in [1.54, 1.807) is 0 Å². The van der Waals surface area contributed by atoms with Crippen LogP contribution in [0.3, 0.4) is 0 Å². The Hall–Kier alpha value is -0.900. The van der Waals surface area contributed by atoms with Crippen molar-refractivity contribution in [2.24, 2.45) is 5.92 Å². The first-order valence-electron chi connectivity index (χ1n) is 8.25. The molecule has 1 aliphatic carbocycles. The summed E-state index contributed by atoms with van der Waals surface area (Å²) in [6.07, 6.45) is 8.42. The maximum absolute atomic E-state index is 5.48. The van der Waals surface area contributed by atoms with Crippen LogP contribution in [0.15, 0.2) is 4.52 Å². The first-order chi connectivity index (χ1) is 9.69. The van der Waals surface area contributed by atoms with Crippen LogP contribution in [0.1, 0.15) is 76.9 Å². The molecule has 4 nitrogen and oxygen atoms in total. The Bertz CT molecular complexity index is 383. The molecule has 0 amide bonds. The minimum atomic E-state index is 0.444. The van der Waals surface area contributed by atoms with Gasteiger partial charge in [-0.05, 0) is 31.7 Å². The number of hydrogen-bond donors (Lipinski definition) is 1. The highest BCUT2D eigenvalue weighted by Gasteiger charge is 2.22. The lowest BCUT2D eigenvalue weighted by molar-refractivity contribution is 0.332. The minimum Gasteiger partial charge on any atom is -0.339 e. The van der Waals surface area contributed by atoms with E-state index in [0.717, 1.165) is 31.1 Å². The van der Waals surface area contributed by atoms with E-state index < -0.39 is 0 Å². The van der Waals surface area contributed by atoms with Crippen LogP contribution in [0.2, 0.25) is 0 Å². The first kappa shape index (κ1) is 15.5. The largest absolute Gasteiger partial charge is 0.339 e. The van der Waals surface area contributed by atoms with Gasteiger partial charge in [-0.15, -0.1) is 0 Å². The molecule has 0 spiro atoms. The fourth-order valence-electron chi connectivity index (χ4n) is 3.18. The predicted octanol–water partition coefficient (Wildman–Crippen LogP) is 3.68. The molecule has 1 aromatic rings. The van der Waals surface area contributed by atoms with Gasteiger partial charge >= 0.3 is 0 Å². The fraction of sp³-hybridized carbons (Fsp3) is 0.875. The van der Waals surface area contributed by atoms with Crippen molar-refractivity contribution in [2.75, 3.05) is 6.54 Å². The Morgan fingerprint density at radius 1 is 1.25 bits per heavy atom. The van der Waals surface area contributed by atoms with E-state index in [9.17, 15) is 0 Å². The number of hydrogen-bond acceptors (Lipinski definition) is 4. The van der Waals surface area contributed by atoms with Gasteiger partial charge < -0.3 is 9.84 Å². The quantitative estimate of drug-likeness (QED) is 0.827. The van der Waals surface area contributed by atoms with Gasteiger partial charge in [0, 0.05) is 18.4 Å². The molecular formula is C16H29N3O. The second-order valence-electron chi connectivity index (χ2n) is 6.47. The molecule has 2 rings (SSSR count). The Morgan fingerprint density at radius 2 is 2.00 bits per heavy atom. The van der Waals surface area contributed by atoms with Crippen LogP contribution >= 0.6 is 0 Å². The molecule has 0 bridgehead atoms. The second kappa shape index (κ2) is 7.77. The van der Waals surface area contributed by atoms with Crippen molar-refractivity contribution >= 4 is 0 Å². The summed E-state index contributed by atoms with van der Waals surface area (Å²) in [7, 11) is 0. The van der Waals surface area contributed by atoms with Crippen LogP contribution in [-0.2, 0) is 6.42 Å². The molecule has 1 atom stereocenters. The second-order valence-corrected chi connectivity index (χ2v) is 6.47. The average Bonchev–Trinajstić information content (AvgIpc) is 2.88. The number of nitrogens with zero attached hydrogens (tertiary/aromatic N) is 2. The topological polar surface area (TPSA) is 51.0 Å². The molecule has 0 saturated heterocycles. The normalized spacial score (nSPS) is 18.6. The zero-order valence-electron chi connectivity index (χ0n) is 13.2. The summed E-state index contributed by atoms with van der Waals surface area (Å²) < 4.78 is 5.48. The van der Waals surface area contributed by atoms with Gasteiger partial charge in [0.05, 0.1) is 0 Å². The van der Waals surface area contributed by atoms with E-state index in [1.165, 1.54) is 32.1 Å². The van der Waals surface area contributed by atoms with Crippen molar-refractivity contribution in [1.82, 2.24) is 15.5 Å². The lowest BCUT2D eigenvalue weighted by Crippen LogP contribution is -2.32. The van der Waals surface area contributed by atoms with Gasteiger partial charge in [-0.1, -0.05) is 45.2 Å². The summed E-state index contributed by atoms with van der Waals surface area (Å²) in [5.41, 5.74) is 0. The lowest BCUT2D eigenvalue weighted by atomic mass is 9.89. The molecule has 0 aromatic carbocycles. The van der Waals surface area contributed by atoms with Crippen LogP contribution in [-0.4, -0.2) is 22.7 Å². The molecule has 1 heterocycles. The third-order valence-corrected chi connectivity index (χ3v) is 4.12. The Labute approximate surface area is 122 Å². The Balaban J connectivity index is 1.92. The highest BCUT2D eigenvalue weighted by molar-refractivity contribution is 4.98. The van der Waals surface area contributed by atoms with Crippen molar-refractivity contribution < 1.29 is 4.52 Å². The van der Waals surface area contributed by atoms with Crippen molar-refractivity contribution in [3.8, 4) is 0 Å². The van der Waals surface area contributed by atoms with Gasteiger partial charge in [-0.2, -0.15) is 4.98 Å². The maximum atomic E-state index is 5.48. The lowest BCUT2D eigenvalue weighted by Gasteiger charge is -2.18. The van der Waals surface area contributed by atoms with E-state index in [2.05, 4.69) is 36.2 Å². The third kappa shape index (κ3) is 4.58. The highest BCUT2D eigenvalue weighted by Crippen LogP contribution is 2.30. The molecule has 4 heteroatoms. The zero-order chi connectivity index (χ0) is 14.4. The van der Waals surface area contributed by atoms with E-state index in [-0.39, 0.29) is 0 Å². The Morgan fingerprint density at radius 3 is 2.65 bits per heavy atom. The smallest absolute Gasteiger partial charge is 0.228 e. The van der Waals surface area contributed by atoms with Gasteiger partial charge in [0.2, 0.25) is 5.89 Å². The number of likely N-dealkylation sites (N-methyl/N-ethyl adjacent to an activating group) is 1. The monoisotopic (exact) mass is 279 g/mol. The standard InChI is InChI=1S/C16H29N3O/c1-4-17-14(10-12(2)3)11-15-18-16(19-20-15)13-8-6-5-7-9-13/h12-14,17H,4-11H2,1-3H3. The van der Waals surface area contributed by atoms with E-state index in [1.807, 2.05) is 0 Å². The molecule has 1 saturated carbocycles. The van der Waals surface area contributed by atoms with E-state index >= 15 is 0 Å². The van der Waals surface area contributed by atoms with Crippen LogP contribution in [0.25, 0.3) is 0 Å². The van der Waals surface area contributed by atoms with Gasteiger partial charge in [0.1, 0.15) is 0 Å². The van der Waals surface area contributed by atoms with Gasteiger partial charge in [0.25, 0.3) is 0 Å². The molecule has 1 fully saturated rings. The summed E-state index contributed by atoms with van der Waals surface area (Å²) in [6, 6.07) is 0.444. The summed E-state index contributed by atoms with van der Waals surface area (Å²) in [6.45, 7) is 7.65. The molecule has 20 heavy (non-hydrogen) atoms. The fourth-order valence-corrected chi connectivity index (χ4v) is 3.18. The predicted molar refractivity (Wildman–Crippen MR) is 80.7 cm³/mol. The molecule has 1 N–H and O–H groups in total. The molecule has 0 radical (unpaired) electrons. The SMILES string of the molecule is CCNC(Cc1nc(C2CCCCC2)no1)CC(C)C. The molecule has 114 valence electrons. The van der Waals surface area contributed by atoms with Gasteiger partial charge in [-0.3, -0.25) is 0 Å². The van der Waals surface area contributed by atoms with Crippen LogP contribution in [0.4, 0.5) is 0 Å². The third-order valence-electron chi connectivity index (χ3n) is 4.12. The molecule has 0 aliphatic heterocycles. The van der Waals surface area contributed by atoms with E-state index in [4.69, 9.17) is 4.52 Å². The molecule has 1 unspecified atom stereocenters. The first-order valence-corrected chi connectivity index (χ1v) is 8.25. The van der Waals surface area contributed by atoms with E-state index in [0.29, 0.717) is 17.9 Å². The van der Waals surface area contributed by atoms with Gasteiger partial charge in [-0.25, -0.2) is 0 Å². The summed E-state index contributed by atoms with van der Waals surface area (Å²) in [5.74, 6) is 2.96. The van der Waals surface area contributed by atoms with Crippen molar-refractivity contribution in [3.05, 3.63) is 11.7 Å². The summed E-state index contributed by atoms with van der Waals surface area (Å²) in [5, 5.41) is 7.74. The minimum absolute atomic E-state index is 0.444.